The lowest BCUT2D eigenvalue weighted by atomic mass is 10.1. The summed E-state index contributed by atoms with van der Waals surface area (Å²) in [5, 5.41) is 8.64. The Morgan fingerprint density at radius 2 is 1.32 bits per heavy atom. The highest BCUT2D eigenvalue weighted by atomic mass is 32.1. The molecule has 3 N–H and O–H groups in total. The van der Waals surface area contributed by atoms with Gasteiger partial charge in [-0.1, -0.05) is 60.7 Å². The van der Waals surface area contributed by atoms with Crippen molar-refractivity contribution in [1.82, 2.24) is 10.6 Å². The summed E-state index contributed by atoms with van der Waals surface area (Å²) < 4.78 is 11.4. The van der Waals surface area contributed by atoms with Gasteiger partial charge in [0, 0.05) is 17.8 Å². The molecule has 7 nitrogen and oxygen atoms in total. The number of ether oxygens (including phenoxy) is 2. The summed E-state index contributed by atoms with van der Waals surface area (Å²) in [6.07, 6.45) is 0. The predicted octanol–water partition coefficient (Wildman–Crippen LogP) is 5.20. The number of para-hydroxylation sites is 2. The highest BCUT2D eigenvalue weighted by molar-refractivity contribution is 7.80. The molecule has 0 bridgehead atoms. The molecule has 192 valence electrons. The minimum absolute atomic E-state index is 0.124. The van der Waals surface area contributed by atoms with Crippen molar-refractivity contribution in [3.8, 4) is 11.5 Å². The number of amides is 2. The fourth-order valence-electron chi connectivity index (χ4n) is 3.53. The molecule has 38 heavy (non-hydrogen) atoms. The maximum atomic E-state index is 12.8. The van der Waals surface area contributed by atoms with Gasteiger partial charge >= 0.3 is 0 Å². The van der Waals surface area contributed by atoms with Crippen molar-refractivity contribution < 1.29 is 19.1 Å². The van der Waals surface area contributed by atoms with Gasteiger partial charge in [-0.15, -0.1) is 0 Å². The Morgan fingerprint density at radius 3 is 2.05 bits per heavy atom. The summed E-state index contributed by atoms with van der Waals surface area (Å²) in [7, 11) is 0. The topological polar surface area (TPSA) is 88.7 Å². The number of nitrogens with one attached hydrogen (secondary N) is 3. The van der Waals surface area contributed by atoms with E-state index in [0.29, 0.717) is 35.7 Å². The zero-order valence-corrected chi connectivity index (χ0v) is 21.4. The molecule has 0 heterocycles. The molecule has 0 atom stereocenters. The molecule has 0 saturated heterocycles. The van der Waals surface area contributed by atoms with Crippen LogP contribution in [0.3, 0.4) is 0 Å². The third kappa shape index (κ3) is 7.91. The van der Waals surface area contributed by atoms with Crippen molar-refractivity contribution in [3.63, 3.8) is 0 Å². The first-order valence-corrected chi connectivity index (χ1v) is 12.4. The summed E-state index contributed by atoms with van der Waals surface area (Å²) >= 11 is 5.31. The molecule has 4 rings (SSSR count). The van der Waals surface area contributed by atoms with E-state index < -0.39 is 5.91 Å². The highest BCUT2D eigenvalue weighted by Crippen LogP contribution is 2.18. The van der Waals surface area contributed by atoms with Gasteiger partial charge in [-0.2, -0.15) is 0 Å². The number of hydrogen-bond acceptors (Lipinski definition) is 5. The summed E-state index contributed by atoms with van der Waals surface area (Å²) in [5.74, 6) is 0.593. The number of carbonyl (C=O) groups is 2. The molecular formula is C30H27N3O4S. The van der Waals surface area contributed by atoms with Crippen LogP contribution in [0, 0.1) is 0 Å². The summed E-state index contributed by atoms with van der Waals surface area (Å²) in [6.45, 7) is 1.05. The fourth-order valence-corrected chi connectivity index (χ4v) is 3.74. The van der Waals surface area contributed by atoms with Gasteiger partial charge in [-0.25, -0.2) is 0 Å². The van der Waals surface area contributed by atoms with Crippen molar-refractivity contribution in [1.29, 1.82) is 0 Å². The lowest BCUT2D eigenvalue weighted by molar-refractivity contribution is 0.0948. The van der Waals surface area contributed by atoms with E-state index in [2.05, 4.69) is 16.0 Å². The van der Waals surface area contributed by atoms with Crippen LogP contribution < -0.4 is 25.4 Å². The van der Waals surface area contributed by atoms with Gasteiger partial charge in [0.2, 0.25) is 0 Å². The second-order valence-electron chi connectivity index (χ2n) is 8.16. The van der Waals surface area contributed by atoms with Crippen LogP contribution >= 0.6 is 12.2 Å². The van der Waals surface area contributed by atoms with Gasteiger partial charge in [-0.3, -0.25) is 14.9 Å². The summed E-state index contributed by atoms with van der Waals surface area (Å²) in [5.41, 5.74) is 2.52. The van der Waals surface area contributed by atoms with Gasteiger partial charge in [0.15, 0.2) is 5.11 Å². The highest BCUT2D eigenvalue weighted by Gasteiger charge is 2.14. The van der Waals surface area contributed by atoms with E-state index >= 15 is 0 Å². The molecule has 0 aromatic heterocycles. The van der Waals surface area contributed by atoms with Crippen molar-refractivity contribution in [2.45, 2.75) is 6.54 Å². The van der Waals surface area contributed by atoms with Crippen LogP contribution in [0.15, 0.2) is 109 Å². The van der Waals surface area contributed by atoms with Crippen molar-refractivity contribution in [3.05, 3.63) is 126 Å². The van der Waals surface area contributed by atoms with Crippen LogP contribution in [-0.2, 0) is 6.54 Å². The maximum absolute atomic E-state index is 12.8. The Labute approximate surface area is 226 Å². The summed E-state index contributed by atoms with van der Waals surface area (Å²) in [6, 6.07) is 32.9. The van der Waals surface area contributed by atoms with Gasteiger partial charge in [0.25, 0.3) is 11.8 Å². The Kier molecular flexibility index (Phi) is 9.42. The van der Waals surface area contributed by atoms with Crippen LogP contribution in [0.4, 0.5) is 5.69 Å². The Morgan fingerprint density at radius 1 is 0.684 bits per heavy atom. The number of anilines is 1. The van der Waals surface area contributed by atoms with E-state index in [0.717, 1.165) is 11.3 Å². The van der Waals surface area contributed by atoms with Crippen LogP contribution in [0.5, 0.6) is 11.5 Å². The zero-order chi connectivity index (χ0) is 26.6. The van der Waals surface area contributed by atoms with Crippen molar-refractivity contribution in [2.24, 2.45) is 0 Å². The van der Waals surface area contributed by atoms with E-state index in [1.165, 1.54) is 0 Å². The lowest BCUT2D eigenvalue weighted by Gasteiger charge is -2.14. The van der Waals surface area contributed by atoms with Gasteiger partial charge in [0.1, 0.15) is 24.7 Å². The number of benzene rings is 4. The zero-order valence-electron chi connectivity index (χ0n) is 20.6. The van der Waals surface area contributed by atoms with Gasteiger partial charge in [0.05, 0.1) is 5.56 Å². The molecule has 0 spiro atoms. The van der Waals surface area contributed by atoms with Crippen LogP contribution in [0.2, 0.25) is 0 Å². The molecule has 4 aromatic carbocycles. The van der Waals surface area contributed by atoms with Crippen LogP contribution in [-0.4, -0.2) is 30.1 Å². The molecular weight excluding hydrogens is 498 g/mol. The standard InChI is InChI=1S/C30H27N3O4S/c34-28(31-21-22-9-3-1-4-10-22)23-15-17-24(18-16-23)32-30(38)33-29(35)26-13-7-8-14-27(26)37-20-19-36-25-11-5-2-6-12-25/h1-18H,19-21H2,(H,31,34)(H2,32,33,35,38). The summed E-state index contributed by atoms with van der Waals surface area (Å²) in [4.78, 5) is 25.3. The second kappa shape index (κ2) is 13.6. The molecule has 0 aliphatic rings. The number of carbonyl (C=O) groups excluding carboxylic acids is 2. The molecule has 0 fully saturated rings. The minimum Gasteiger partial charge on any atom is -0.490 e. The molecule has 0 radical (unpaired) electrons. The Balaban J connectivity index is 1.25. The van der Waals surface area contributed by atoms with E-state index in [9.17, 15) is 9.59 Å². The van der Waals surface area contributed by atoms with Gasteiger partial charge < -0.3 is 20.1 Å². The maximum Gasteiger partial charge on any atom is 0.261 e. The first-order valence-electron chi connectivity index (χ1n) is 12.0. The first kappa shape index (κ1) is 26.4. The van der Waals surface area contributed by atoms with E-state index in [1.54, 1.807) is 48.5 Å². The van der Waals surface area contributed by atoms with Crippen LogP contribution in [0.25, 0.3) is 0 Å². The number of rotatable bonds is 10. The molecule has 0 saturated carbocycles. The molecule has 8 heteroatoms. The number of thiocarbonyl (C=S) groups is 1. The monoisotopic (exact) mass is 525 g/mol. The number of hydrogen-bond donors (Lipinski definition) is 3. The van der Waals surface area contributed by atoms with E-state index in [4.69, 9.17) is 21.7 Å². The van der Waals surface area contributed by atoms with Gasteiger partial charge in [-0.05, 0) is 66.3 Å². The Bertz CT molecular complexity index is 1360. The third-order valence-corrected chi connectivity index (χ3v) is 5.62. The van der Waals surface area contributed by atoms with E-state index in [-0.39, 0.29) is 17.6 Å². The predicted molar refractivity (Wildman–Crippen MR) is 152 cm³/mol. The molecule has 4 aromatic rings. The first-order chi connectivity index (χ1) is 18.6. The Hall–Kier alpha value is -4.69. The van der Waals surface area contributed by atoms with E-state index in [1.807, 2.05) is 60.7 Å². The van der Waals surface area contributed by atoms with Crippen molar-refractivity contribution in [2.75, 3.05) is 18.5 Å². The quantitative estimate of drug-likeness (QED) is 0.195. The molecule has 0 aliphatic carbocycles. The largest absolute Gasteiger partial charge is 0.490 e. The SMILES string of the molecule is O=C(NCc1ccccc1)c1ccc(NC(=S)NC(=O)c2ccccc2OCCOc2ccccc2)cc1. The molecule has 2 amide bonds. The minimum atomic E-state index is -0.404. The van der Waals surface area contributed by atoms with Crippen molar-refractivity contribution >= 4 is 34.8 Å². The second-order valence-corrected chi connectivity index (χ2v) is 8.57. The third-order valence-electron chi connectivity index (χ3n) is 5.41. The average Bonchev–Trinajstić information content (AvgIpc) is 2.95. The van der Waals surface area contributed by atoms with Crippen LogP contribution in [0.1, 0.15) is 26.3 Å². The lowest BCUT2D eigenvalue weighted by Crippen LogP contribution is -2.34. The smallest absolute Gasteiger partial charge is 0.261 e. The average molecular weight is 526 g/mol. The normalized spacial score (nSPS) is 10.2. The molecule has 0 aliphatic heterocycles. The fraction of sp³-hybridized carbons (Fsp3) is 0.100. The molecule has 0 unspecified atom stereocenters.